The second kappa shape index (κ2) is 5.07. The van der Waals surface area contributed by atoms with Gasteiger partial charge in [-0.25, -0.2) is 0 Å². The van der Waals surface area contributed by atoms with E-state index in [2.05, 4.69) is 11.9 Å². The summed E-state index contributed by atoms with van der Waals surface area (Å²) in [6, 6.07) is 0.267. The second-order valence-corrected chi connectivity index (χ2v) is 4.30. The van der Waals surface area contributed by atoms with Crippen molar-refractivity contribution in [1.29, 1.82) is 0 Å². The van der Waals surface area contributed by atoms with Gasteiger partial charge in [0.2, 0.25) is 0 Å². The van der Waals surface area contributed by atoms with Gasteiger partial charge < -0.3 is 9.84 Å². The van der Waals surface area contributed by atoms with E-state index in [1.807, 2.05) is 11.8 Å². The van der Waals surface area contributed by atoms with E-state index in [4.69, 9.17) is 4.74 Å². The smallest absolute Gasteiger partial charge is 0.0936 e. The Bertz CT molecular complexity index is 134. The fourth-order valence-corrected chi connectivity index (χ4v) is 2.69. The van der Waals surface area contributed by atoms with Crippen molar-refractivity contribution < 1.29 is 9.84 Å². The Balaban J connectivity index is 2.36. The first-order chi connectivity index (χ1) is 5.75. The van der Waals surface area contributed by atoms with E-state index in [0.29, 0.717) is 6.61 Å². The molecule has 1 heterocycles. The largest absolute Gasteiger partial charge is 0.389 e. The quantitative estimate of drug-likeness (QED) is 0.683. The van der Waals surface area contributed by atoms with Crippen LogP contribution in [0, 0.1) is 0 Å². The lowest BCUT2D eigenvalue weighted by atomic mass is 10.1. The van der Waals surface area contributed by atoms with Gasteiger partial charge in [-0.1, -0.05) is 0 Å². The minimum Gasteiger partial charge on any atom is -0.389 e. The summed E-state index contributed by atoms with van der Waals surface area (Å²) in [5, 5.41) is 9.66. The molecule has 72 valence electrons. The minimum atomic E-state index is -0.340. The molecule has 1 aliphatic heterocycles. The SMILES string of the molecule is COCC(O)C1CSCCN1C. The van der Waals surface area contributed by atoms with Crippen LogP contribution < -0.4 is 0 Å². The molecule has 0 spiro atoms. The number of aliphatic hydroxyl groups is 1. The molecule has 0 aromatic rings. The Labute approximate surface area is 78.1 Å². The number of aliphatic hydroxyl groups excluding tert-OH is 1. The van der Waals surface area contributed by atoms with Crippen molar-refractivity contribution in [3.8, 4) is 0 Å². The Morgan fingerprint density at radius 1 is 1.75 bits per heavy atom. The van der Waals surface area contributed by atoms with Crippen molar-refractivity contribution in [3.05, 3.63) is 0 Å². The molecule has 1 N–H and O–H groups in total. The zero-order valence-electron chi connectivity index (χ0n) is 7.69. The first-order valence-corrected chi connectivity index (χ1v) is 5.36. The van der Waals surface area contributed by atoms with Gasteiger partial charge in [0.1, 0.15) is 0 Å². The zero-order chi connectivity index (χ0) is 8.97. The Hall–Kier alpha value is 0.230. The second-order valence-electron chi connectivity index (χ2n) is 3.15. The molecule has 1 fully saturated rings. The third-order valence-corrected chi connectivity index (χ3v) is 3.27. The van der Waals surface area contributed by atoms with Crippen molar-refractivity contribution >= 4 is 11.8 Å². The van der Waals surface area contributed by atoms with Crippen molar-refractivity contribution in [2.75, 3.05) is 38.8 Å². The molecule has 1 aliphatic rings. The van der Waals surface area contributed by atoms with E-state index in [1.165, 1.54) is 5.75 Å². The van der Waals surface area contributed by atoms with Gasteiger partial charge in [-0.2, -0.15) is 11.8 Å². The fourth-order valence-electron chi connectivity index (χ4n) is 1.39. The topological polar surface area (TPSA) is 32.7 Å². The van der Waals surface area contributed by atoms with Crippen LogP contribution in [0.1, 0.15) is 0 Å². The van der Waals surface area contributed by atoms with Crippen molar-refractivity contribution in [1.82, 2.24) is 4.90 Å². The number of hydrogen-bond donors (Lipinski definition) is 1. The number of nitrogens with zero attached hydrogens (tertiary/aromatic N) is 1. The van der Waals surface area contributed by atoms with E-state index in [0.717, 1.165) is 12.3 Å². The third kappa shape index (κ3) is 2.62. The molecule has 0 bridgehead atoms. The average Bonchev–Trinajstić information content (AvgIpc) is 2.05. The van der Waals surface area contributed by atoms with E-state index in [-0.39, 0.29) is 12.1 Å². The zero-order valence-corrected chi connectivity index (χ0v) is 8.51. The minimum absolute atomic E-state index is 0.267. The maximum atomic E-state index is 9.66. The first kappa shape index (κ1) is 10.3. The van der Waals surface area contributed by atoms with Crippen molar-refractivity contribution in [3.63, 3.8) is 0 Å². The van der Waals surface area contributed by atoms with Gasteiger partial charge >= 0.3 is 0 Å². The lowest BCUT2D eigenvalue weighted by molar-refractivity contribution is 0.0123. The lowest BCUT2D eigenvalue weighted by Gasteiger charge is -2.34. The number of methoxy groups -OCH3 is 1. The summed E-state index contributed by atoms with van der Waals surface area (Å²) in [6.07, 6.45) is -0.340. The van der Waals surface area contributed by atoms with Crippen LogP contribution in [-0.2, 0) is 4.74 Å². The molecule has 4 heteroatoms. The molecule has 2 atom stereocenters. The van der Waals surface area contributed by atoms with Gasteiger partial charge in [-0.3, -0.25) is 4.90 Å². The monoisotopic (exact) mass is 191 g/mol. The predicted octanol–water partition coefficient (Wildman–Crippen LogP) is 0.0409. The Morgan fingerprint density at radius 3 is 3.08 bits per heavy atom. The molecule has 0 saturated carbocycles. The molecule has 12 heavy (non-hydrogen) atoms. The number of rotatable bonds is 3. The summed E-state index contributed by atoms with van der Waals surface area (Å²) in [5.41, 5.74) is 0. The van der Waals surface area contributed by atoms with Crippen LogP contribution in [0.3, 0.4) is 0 Å². The fraction of sp³-hybridized carbons (Fsp3) is 1.00. The maximum Gasteiger partial charge on any atom is 0.0936 e. The summed E-state index contributed by atoms with van der Waals surface area (Å²) < 4.78 is 4.92. The molecule has 0 aliphatic carbocycles. The van der Waals surface area contributed by atoms with Gasteiger partial charge in [0.25, 0.3) is 0 Å². The van der Waals surface area contributed by atoms with Crippen LogP contribution in [0.25, 0.3) is 0 Å². The predicted molar refractivity (Wildman–Crippen MR) is 51.6 cm³/mol. The number of ether oxygens (including phenoxy) is 1. The molecule has 0 aromatic carbocycles. The molecule has 1 rings (SSSR count). The summed E-state index contributed by atoms with van der Waals surface area (Å²) in [5.74, 6) is 2.19. The van der Waals surface area contributed by atoms with Crippen molar-refractivity contribution in [2.45, 2.75) is 12.1 Å². The summed E-state index contributed by atoms with van der Waals surface area (Å²) in [6.45, 7) is 1.51. The maximum absolute atomic E-state index is 9.66. The Morgan fingerprint density at radius 2 is 2.50 bits per heavy atom. The first-order valence-electron chi connectivity index (χ1n) is 4.20. The van der Waals surface area contributed by atoms with Crippen LogP contribution in [-0.4, -0.2) is 61.0 Å². The third-order valence-electron chi connectivity index (χ3n) is 2.22. The van der Waals surface area contributed by atoms with Crippen LogP contribution in [0.5, 0.6) is 0 Å². The van der Waals surface area contributed by atoms with E-state index >= 15 is 0 Å². The highest BCUT2D eigenvalue weighted by Gasteiger charge is 2.25. The van der Waals surface area contributed by atoms with E-state index < -0.39 is 0 Å². The summed E-state index contributed by atoms with van der Waals surface area (Å²) in [4.78, 5) is 2.21. The van der Waals surface area contributed by atoms with Crippen molar-refractivity contribution in [2.24, 2.45) is 0 Å². The summed E-state index contributed by atoms with van der Waals surface area (Å²) >= 11 is 1.90. The van der Waals surface area contributed by atoms with Crippen LogP contribution >= 0.6 is 11.8 Å². The highest BCUT2D eigenvalue weighted by molar-refractivity contribution is 7.99. The standard InChI is InChI=1S/C8H17NO2S/c1-9-3-4-12-6-7(9)8(10)5-11-2/h7-8,10H,3-6H2,1-2H3. The van der Waals surface area contributed by atoms with Crippen LogP contribution in [0.15, 0.2) is 0 Å². The lowest BCUT2D eigenvalue weighted by Crippen LogP contribution is -2.48. The van der Waals surface area contributed by atoms with E-state index in [1.54, 1.807) is 7.11 Å². The number of thioether (sulfide) groups is 1. The molecule has 0 aromatic heterocycles. The van der Waals surface area contributed by atoms with Crippen LogP contribution in [0.4, 0.5) is 0 Å². The normalized spacial score (nSPS) is 28.8. The van der Waals surface area contributed by atoms with Gasteiger partial charge in [0, 0.05) is 31.2 Å². The summed E-state index contributed by atoms with van der Waals surface area (Å²) in [7, 11) is 3.68. The highest BCUT2D eigenvalue weighted by atomic mass is 32.2. The average molecular weight is 191 g/mol. The van der Waals surface area contributed by atoms with E-state index in [9.17, 15) is 5.11 Å². The molecule has 0 radical (unpaired) electrons. The number of hydrogen-bond acceptors (Lipinski definition) is 4. The van der Waals surface area contributed by atoms with Gasteiger partial charge in [-0.05, 0) is 7.05 Å². The molecular formula is C8H17NO2S. The van der Waals surface area contributed by atoms with Gasteiger partial charge in [0.05, 0.1) is 12.7 Å². The number of likely N-dealkylation sites (N-methyl/N-ethyl adjacent to an activating group) is 1. The molecule has 3 nitrogen and oxygen atoms in total. The highest BCUT2D eigenvalue weighted by Crippen LogP contribution is 2.17. The molecule has 1 saturated heterocycles. The molecule has 2 unspecified atom stereocenters. The van der Waals surface area contributed by atoms with Gasteiger partial charge in [0.15, 0.2) is 0 Å². The Kier molecular flexibility index (Phi) is 4.35. The van der Waals surface area contributed by atoms with Gasteiger partial charge in [-0.15, -0.1) is 0 Å². The molecule has 0 amide bonds. The molecular weight excluding hydrogens is 174 g/mol. The van der Waals surface area contributed by atoms with Crippen LogP contribution in [0.2, 0.25) is 0 Å².